The number of benzene rings is 2. The van der Waals surface area contributed by atoms with Crippen molar-refractivity contribution in [1.82, 2.24) is 0 Å². The van der Waals surface area contributed by atoms with E-state index in [-0.39, 0.29) is 17.3 Å². The number of halogens is 3. The van der Waals surface area contributed by atoms with E-state index in [2.05, 4.69) is 0 Å². The normalized spacial score (nSPS) is 17.1. The van der Waals surface area contributed by atoms with Gasteiger partial charge in [0.05, 0.1) is 0 Å². The van der Waals surface area contributed by atoms with Crippen molar-refractivity contribution in [3.8, 4) is 0 Å². The molecule has 0 spiro atoms. The maximum atomic E-state index is 14.1. The van der Waals surface area contributed by atoms with Crippen LogP contribution in [0, 0.1) is 24.4 Å². The number of hydrogen-bond acceptors (Lipinski definition) is 3. The molecule has 2 aromatic rings. The Bertz CT molecular complexity index is 1100. The molecule has 3 nitrogen and oxygen atoms in total. The number of allylic oxidation sites excluding steroid dienone is 4. The highest BCUT2D eigenvalue weighted by molar-refractivity contribution is 7.89. The molecular formula is C19H14F3NO2S2. The molecule has 3 rings (SSSR count). The quantitative estimate of drug-likeness (QED) is 0.775. The minimum Gasteiger partial charge on any atom is -0.224 e. The number of hydrogen-bond donors (Lipinski definition) is 1. The van der Waals surface area contributed by atoms with Crippen LogP contribution in [-0.4, -0.2) is 13.3 Å². The van der Waals surface area contributed by atoms with Crippen LogP contribution in [0.5, 0.6) is 0 Å². The van der Waals surface area contributed by atoms with Gasteiger partial charge in [-0.3, -0.25) is 0 Å². The van der Waals surface area contributed by atoms with Gasteiger partial charge in [0.25, 0.3) is 0 Å². The van der Waals surface area contributed by atoms with Gasteiger partial charge in [0, 0.05) is 10.8 Å². The van der Waals surface area contributed by atoms with Crippen molar-refractivity contribution in [3.05, 3.63) is 82.7 Å². The molecule has 0 saturated carbocycles. The fraction of sp³-hybridized carbons (Fsp3) is 0.105. The van der Waals surface area contributed by atoms with Crippen LogP contribution < -0.4 is 5.14 Å². The summed E-state index contributed by atoms with van der Waals surface area (Å²) in [4.78, 5) is -0.741. The van der Waals surface area contributed by atoms with Crippen LogP contribution in [-0.2, 0) is 10.0 Å². The van der Waals surface area contributed by atoms with Crippen LogP contribution in [0.4, 0.5) is 13.2 Å². The van der Waals surface area contributed by atoms with Gasteiger partial charge in [-0.05, 0) is 53.5 Å². The molecular weight excluding hydrogens is 395 g/mol. The number of sulfonamides is 1. The van der Waals surface area contributed by atoms with Crippen molar-refractivity contribution in [2.24, 2.45) is 5.14 Å². The van der Waals surface area contributed by atoms with Gasteiger partial charge in [0.2, 0.25) is 10.0 Å². The fourth-order valence-corrected chi connectivity index (χ4v) is 3.84. The largest absolute Gasteiger partial charge is 0.243 e. The number of aryl methyl sites for hydroxylation is 1. The van der Waals surface area contributed by atoms with E-state index in [0.717, 1.165) is 12.1 Å². The molecule has 1 aliphatic rings. The molecule has 8 heteroatoms. The van der Waals surface area contributed by atoms with Crippen molar-refractivity contribution in [2.75, 3.05) is 0 Å². The van der Waals surface area contributed by atoms with E-state index < -0.39 is 26.6 Å². The second-order valence-electron chi connectivity index (χ2n) is 6.16. The standard InChI is InChI=1S/C19H14F3NO2S2/c1-10-2-3-12(6-15(10)20)14-5-4-11(9-18(14)26)13-7-16(21)19(17(22)8-13)27(23,24)25/h2-9,14H,1H3,(H2,23,24,25). The lowest BCUT2D eigenvalue weighted by Crippen LogP contribution is -2.16. The Kier molecular flexibility index (Phi) is 5.07. The summed E-state index contributed by atoms with van der Waals surface area (Å²) in [6.07, 6.45) is 4.84. The maximum Gasteiger partial charge on any atom is 0.243 e. The number of nitrogens with two attached hydrogens (primary N) is 1. The van der Waals surface area contributed by atoms with E-state index in [0.29, 0.717) is 21.6 Å². The summed E-state index contributed by atoms with van der Waals surface area (Å²) >= 11 is 5.36. The molecule has 2 aromatic carbocycles. The first kappa shape index (κ1) is 19.5. The molecule has 0 heterocycles. The van der Waals surface area contributed by atoms with E-state index >= 15 is 0 Å². The summed E-state index contributed by atoms with van der Waals surface area (Å²) in [6.45, 7) is 1.65. The molecule has 1 unspecified atom stereocenters. The van der Waals surface area contributed by atoms with Gasteiger partial charge in [0.1, 0.15) is 17.5 Å². The van der Waals surface area contributed by atoms with E-state index in [1.54, 1.807) is 37.3 Å². The van der Waals surface area contributed by atoms with E-state index in [1.807, 2.05) is 0 Å². The maximum absolute atomic E-state index is 14.1. The SMILES string of the molecule is Cc1ccc(C2C=CC(c3cc(F)c(S(N)(=O)=O)c(F)c3)=CC2=S)cc1F. The molecule has 0 radical (unpaired) electrons. The minimum atomic E-state index is -4.52. The highest BCUT2D eigenvalue weighted by atomic mass is 32.2. The molecule has 1 aliphatic carbocycles. The van der Waals surface area contributed by atoms with E-state index in [9.17, 15) is 21.6 Å². The molecule has 0 aromatic heterocycles. The average Bonchev–Trinajstić information content (AvgIpc) is 2.55. The van der Waals surface area contributed by atoms with Gasteiger partial charge in [-0.25, -0.2) is 26.7 Å². The molecule has 1 atom stereocenters. The van der Waals surface area contributed by atoms with Crippen molar-refractivity contribution in [1.29, 1.82) is 0 Å². The predicted octanol–water partition coefficient (Wildman–Crippen LogP) is 4.17. The van der Waals surface area contributed by atoms with Crippen LogP contribution in [0.25, 0.3) is 5.57 Å². The van der Waals surface area contributed by atoms with Crippen LogP contribution >= 0.6 is 12.2 Å². The molecule has 0 fully saturated rings. The predicted molar refractivity (Wildman–Crippen MR) is 101 cm³/mol. The molecule has 27 heavy (non-hydrogen) atoms. The molecule has 0 aliphatic heterocycles. The van der Waals surface area contributed by atoms with Crippen molar-refractivity contribution < 1.29 is 21.6 Å². The first-order valence-electron chi connectivity index (χ1n) is 7.80. The summed E-state index contributed by atoms with van der Waals surface area (Å²) < 4.78 is 64.5. The summed E-state index contributed by atoms with van der Waals surface area (Å²) in [6, 6.07) is 6.58. The second kappa shape index (κ2) is 7.03. The summed E-state index contributed by atoms with van der Waals surface area (Å²) in [5, 5.41) is 4.83. The molecule has 0 saturated heterocycles. The monoisotopic (exact) mass is 409 g/mol. The van der Waals surface area contributed by atoms with Gasteiger partial charge in [-0.15, -0.1) is 0 Å². The lowest BCUT2D eigenvalue weighted by Gasteiger charge is -2.19. The Morgan fingerprint density at radius 2 is 1.67 bits per heavy atom. The third-order valence-electron chi connectivity index (χ3n) is 4.24. The lowest BCUT2D eigenvalue weighted by atomic mass is 9.87. The van der Waals surface area contributed by atoms with Crippen LogP contribution in [0.15, 0.2) is 53.5 Å². The third kappa shape index (κ3) is 3.87. The van der Waals surface area contributed by atoms with Gasteiger partial charge >= 0.3 is 0 Å². The molecule has 140 valence electrons. The Hall–Kier alpha value is -2.29. The smallest absolute Gasteiger partial charge is 0.224 e. The number of primary sulfonamides is 1. The van der Waals surface area contributed by atoms with Crippen molar-refractivity contribution in [2.45, 2.75) is 17.7 Å². The zero-order valence-corrected chi connectivity index (χ0v) is 15.7. The van der Waals surface area contributed by atoms with E-state index in [1.165, 1.54) is 6.07 Å². The number of rotatable bonds is 3. The summed E-state index contributed by atoms with van der Waals surface area (Å²) in [5.41, 5.74) is 1.70. The molecule has 0 amide bonds. The topological polar surface area (TPSA) is 60.2 Å². The highest BCUT2D eigenvalue weighted by Crippen LogP contribution is 2.31. The number of thiocarbonyl (C=S) groups is 1. The second-order valence-corrected chi connectivity index (χ2v) is 8.13. The lowest BCUT2D eigenvalue weighted by molar-refractivity contribution is 0.519. The van der Waals surface area contributed by atoms with Crippen molar-refractivity contribution in [3.63, 3.8) is 0 Å². The zero-order valence-electron chi connectivity index (χ0n) is 14.0. The van der Waals surface area contributed by atoms with Gasteiger partial charge in [-0.2, -0.15) is 0 Å². The summed E-state index contributed by atoms with van der Waals surface area (Å²) in [7, 11) is -4.52. The average molecular weight is 409 g/mol. The van der Waals surface area contributed by atoms with Gasteiger partial charge < -0.3 is 0 Å². The Morgan fingerprint density at radius 3 is 2.19 bits per heavy atom. The summed E-state index contributed by atoms with van der Waals surface area (Å²) in [5.74, 6) is -3.26. The molecule has 2 N–H and O–H groups in total. The van der Waals surface area contributed by atoms with Crippen LogP contribution in [0.1, 0.15) is 22.6 Å². The van der Waals surface area contributed by atoms with Crippen LogP contribution in [0.2, 0.25) is 0 Å². The Labute approximate surface area is 160 Å². The molecule has 0 bridgehead atoms. The van der Waals surface area contributed by atoms with E-state index in [4.69, 9.17) is 17.4 Å². The zero-order chi connectivity index (χ0) is 19.9. The van der Waals surface area contributed by atoms with Gasteiger partial charge in [0.15, 0.2) is 4.90 Å². The fourth-order valence-electron chi connectivity index (χ4n) is 2.84. The van der Waals surface area contributed by atoms with Gasteiger partial charge in [-0.1, -0.05) is 36.5 Å². The Balaban J connectivity index is 1.96. The minimum absolute atomic E-state index is 0.115. The first-order valence-corrected chi connectivity index (χ1v) is 9.75. The Morgan fingerprint density at radius 1 is 1.04 bits per heavy atom. The van der Waals surface area contributed by atoms with Crippen LogP contribution in [0.3, 0.4) is 0 Å². The highest BCUT2D eigenvalue weighted by Gasteiger charge is 2.23. The first-order chi connectivity index (χ1) is 12.6. The van der Waals surface area contributed by atoms with Crippen molar-refractivity contribution >= 4 is 32.7 Å². The third-order valence-corrected chi connectivity index (χ3v) is 5.57.